The minimum absolute atomic E-state index is 0.535. The Balaban J connectivity index is 3.48. The van der Waals surface area contributed by atoms with Crippen LogP contribution in [-0.2, 0) is 0 Å². The number of nitrogens with zero attached hydrogens (tertiary/aromatic N) is 1. The number of rotatable bonds is 2. The second-order valence-electron chi connectivity index (χ2n) is 2.41. The molecular formula is C6H5F2N3O3. The Bertz CT molecular complexity index is 429. The van der Waals surface area contributed by atoms with Crippen LogP contribution in [0.3, 0.4) is 0 Å². The lowest BCUT2D eigenvalue weighted by molar-refractivity contribution is -0.388. The Morgan fingerprint density at radius 3 is 2.57 bits per heavy atom. The number of anilines is 1. The Morgan fingerprint density at radius 1 is 1.57 bits per heavy atom. The van der Waals surface area contributed by atoms with Gasteiger partial charge in [-0.1, -0.05) is 0 Å². The number of nitro groups is 1. The summed E-state index contributed by atoms with van der Waals surface area (Å²) in [5, 5.41) is 10.3. The van der Waals surface area contributed by atoms with Gasteiger partial charge in [0.1, 0.15) is 5.69 Å². The number of alkyl halides is 2. The molecule has 76 valence electrons. The van der Waals surface area contributed by atoms with Crippen molar-refractivity contribution >= 4 is 11.5 Å². The first-order chi connectivity index (χ1) is 6.43. The van der Waals surface area contributed by atoms with E-state index in [0.717, 1.165) is 0 Å². The first-order valence-electron chi connectivity index (χ1n) is 3.38. The molecule has 0 aliphatic heterocycles. The van der Waals surface area contributed by atoms with Crippen molar-refractivity contribution in [2.24, 2.45) is 0 Å². The fourth-order valence-electron chi connectivity index (χ4n) is 0.900. The monoisotopic (exact) mass is 205 g/mol. The van der Waals surface area contributed by atoms with Gasteiger partial charge in [-0.25, -0.2) is 18.6 Å². The maximum Gasteiger partial charge on any atom is 0.347 e. The van der Waals surface area contributed by atoms with Gasteiger partial charge in [0.2, 0.25) is 0 Å². The molecule has 14 heavy (non-hydrogen) atoms. The van der Waals surface area contributed by atoms with Gasteiger partial charge < -0.3 is 15.8 Å². The number of hydrogen-bond acceptors (Lipinski definition) is 4. The molecule has 0 aliphatic carbocycles. The predicted molar refractivity (Wildman–Crippen MR) is 43.1 cm³/mol. The molecule has 8 heteroatoms. The zero-order chi connectivity index (χ0) is 10.9. The normalized spacial score (nSPS) is 10.5. The molecule has 0 unspecified atom stereocenters. The van der Waals surface area contributed by atoms with Crippen molar-refractivity contribution in [2.45, 2.75) is 6.43 Å². The average molecular weight is 205 g/mol. The van der Waals surface area contributed by atoms with Gasteiger partial charge in [0.25, 0.3) is 6.43 Å². The van der Waals surface area contributed by atoms with Crippen molar-refractivity contribution in [1.29, 1.82) is 0 Å². The Hall–Kier alpha value is -1.99. The summed E-state index contributed by atoms with van der Waals surface area (Å²) < 4.78 is 24.4. The standard InChI is InChI=1S/C6H5F2N3O3/c7-5(8)2-1-3(12)10-6(4(2)9)11(13)14/h1,5H,9H2,(H,10,12). The van der Waals surface area contributed by atoms with Crippen LogP contribution in [0.15, 0.2) is 10.9 Å². The fourth-order valence-corrected chi connectivity index (χ4v) is 0.900. The number of nitrogens with two attached hydrogens (primary N) is 1. The van der Waals surface area contributed by atoms with Crippen molar-refractivity contribution in [3.8, 4) is 0 Å². The van der Waals surface area contributed by atoms with E-state index in [1.807, 2.05) is 0 Å². The molecule has 0 radical (unpaired) electrons. The molecule has 1 aromatic heterocycles. The predicted octanol–water partition coefficient (Wildman–Crippen LogP) is 0.803. The van der Waals surface area contributed by atoms with Gasteiger partial charge in [-0.3, -0.25) is 0 Å². The maximum absolute atomic E-state index is 12.2. The number of nitrogen functional groups attached to an aromatic ring is 1. The van der Waals surface area contributed by atoms with Crippen molar-refractivity contribution in [1.82, 2.24) is 4.98 Å². The minimum Gasteiger partial charge on any atom is -0.392 e. The highest BCUT2D eigenvalue weighted by atomic mass is 19.3. The highest BCUT2D eigenvalue weighted by Gasteiger charge is 2.21. The van der Waals surface area contributed by atoms with E-state index >= 15 is 0 Å². The number of hydrogen-bond donors (Lipinski definition) is 2. The number of nitrogens with one attached hydrogen (secondary N) is 1. The third-order valence-corrected chi connectivity index (χ3v) is 1.51. The molecular weight excluding hydrogens is 200 g/mol. The molecule has 0 fully saturated rings. The first kappa shape index (κ1) is 10.1. The van der Waals surface area contributed by atoms with Gasteiger partial charge in [0.15, 0.2) is 0 Å². The second-order valence-corrected chi connectivity index (χ2v) is 2.41. The molecule has 0 amide bonds. The summed E-state index contributed by atoms with van der Waals surface area (Å²) >= 11 is 0. The van der Waals surface area contributed by atoms with Crippen LogP contribution < -0.4 is 11.3 Å². The van der Waals surface area contributed by atoms with Crippen LogP contribution in [-0.4, -0.2) is 9.91 Å². The maximum atomic E-state index is 12.2. The summed E-state index contributed by atoms with van der Waals surface area (Å²) in [6, 6.07) is 0.535. The number of pyridine rings is 1. The van der Waals surface area contributed by atoms with Crippen LogP contribution >= 0.6 is 0 Å². The molecule has 0 aliphatic rings. The highest BCUT2D eigenvalue weighted by molar-refractivity contribution is 5.59. The molecule has 0 saturated heterocycles. The molecule has 3 N–H and O–H groups in total. The summed E-state index contributed by atoms with van der Waals surface area (Å²) in [5.41, 5.74) is 2.53. The van der Waals surface area contributed by atoms with Gasteiger partial charge in [-0.05, 0) is 4.92 Å². The molecule has 0 bridgehead atoms. The smallest absolute Gasteiger partial charge is 0.347 e. The fraction of sp³-hybridized carbons (Fsp3) is 0.167. The number of halogens is 2. The Morgan fingerprint density at radius 2 is 2.14 bits per heavy atom. The lowest BCUT2D eigenvalue weighted by Gasteiger charge is -2.03. The average Bonchev–Trinajstić information content (AvgIpc) is 2.07. The number of aromatic amines is 1. The summed E-state index contributed by atoms with van der Waals surface area (Å²) in [6.07, 6.45) is -3.02. The topological polar surface area (TPSA) is 102 Å². The van der Waals surface area contributed by atoms with Gasteiger partial charge in [-0.15, -0.1) is 0 Å². The molecule has 1 heterocycles. The van der Waals surface area contributed by atoms with Crippen molar-refractivity contribution in [3.05, 3.63) is 32.1 Å². The van der Waals surface area contributed by atoms with E-state index in [9.17, 15) is 23.7 Å². The van der Waals surface area contributed by atoms with E-state index < -0.39 is 34.0 Å². The van der Waals surface area contributed by atoms with Crippen LogP contribution in [0, 0.1) is 10.1 Å². The number of H-pyrrole nitrogens is 1. The molecule has 0 atom stereocenters. The molecule has 0 aromatic carbocycles. The van der Waals surface area contributed by atoms with E-state index in [1.165, 1.54) is 0 Å². The zero-order valence-electron chi connectivity index (χ0n) is 6.66. The Labute approximate surface area is 75.5 Å². The van der Waals surface area contributed by atoms with Crippen LogP contribution in [0.25, 0.3) is 0 Å². The Kier molecular flexibility index (Phi) is 2.45. The van der Waals surface area contributed by atoms with Crippen LogP contribution in [0.1, 0.15) is 12.0 Å². The SMILES string of the molecule is Nc1c(C(F)F)cc(=O)[nH]c1[N+](=O)[O-]. The molecule has 1 rings (SSSR count). The van der Waals surface area contributed by atoms with Gasteiger partial charge in [0, 0.05) is 6.07 Å². The molecule has 0 saturated carbocycles. The van der Waals surface area contributed by atoms with Crippen LogP contribution in [0.4, 0.5) is 20.3 Å². The minimum atomic E-state index is -3.02. The quantitative estimate of drug-likeness (QED) is 0.550. The van der Waals surface area contributed by atoms with Gasteiger partial charge in [-0.2, -0.15) is 0 Å². The van der Waals surface area contributed by atoms with Crippen molar-refractivity contribution < 1.29 is 13.7 Å². The summed E-state index contributed by atoms with van der Waals surface area (Å²) in [4.78, 5) is 21.7. The van der Waals surface area contributed by atoms with E-state index in [0.29, 0.717) is 6.07 Å². The first-order valence-corrected chi connectivity index (χ1v) is 3.38. The molecule has 6 nitrogen and oxygen atoms in total. The molecule has 0 spiro atoms. The van der Waals surface area contributed by atoms with Gasteiger partial charge >= 0.3 is 11.4 Å². The molecule has 1 aromatic rings. The van der Waals surface area contributed by atoms with Gasteiger partial charge in [0.05, 0.1) is 5.56 Å². The largest absolute Gasteiger partial charge is 0.392 e. The van der Waals surface area contributed by atoms with Crippen molar-refractivity contribution in [2.75, 3.05) is 5.73 Å². The highest BCUT2D eigenvalue weighted by Crippen LogP contribution is 2.28. The third kappa shape index (κ3) is 1.68. The zero-order valence-corrected chi connectivity index (χ0v) is 6.66. The van der Waals surface area contributed by atoms with E-state index in [-0.39, 0.29) is 0 Å². The van der Waals surface area contributed by atoms with Crippen LogP contribution in [0.2, 0.25) is 0 Å². The summed E-state index contributed by atoms with van der Waals surface area (Å²) in [7, 11) is 0. The summed E-state index contributed by atoms with van der Waals surface area (Å²) in [6.45, 7) is 0. The van der Waals surface area contributed by atoms with E-state index in [2.05, 4.69) is 0 Å². The van der Waals surface area contributed by atoms with E-state index in [1.54, 1.807) is 4.98 Å². The lowest BCUT2D eigenvalue weighted by atomic mass is 10.2. The second kappa shape index (κ2) is 3.40. The number of aromatic nitrogens is 1. The lowest BCUT2D eigenvalue weighted by Crippen LogP contribution is -2.13. The van der Waals surface area contributed by atoms with E-state index in [4.69, 9.17) is 5.73 Å². The van der Waals surface area contributed by atoms with Crippen LogP contribution in [0.5, 0.6) is 0 Å². The van der Waals surface area contributed by atoms with Crippen molar-refractivity contribution in [3.63, 3.8) is 0 Å². The third-order valence-electron chi connectivity index (χ3n) is 1.51. The summed E-state index contributed by atoms with van der Waals surface area (Å²) in [5.74, 6) is -0.909.